The van der Waals surface area contributed by atoms with Gasteiger partial charge in [-0.25, -0.2) is 0 Å². The van der Waals surface area contributed by atoms with Gasteiger partial charge in [-0.15, -0.1) is 0 Å². The quantitative estimate of drug-likeness (QED) is 0.351. The van der Waals surface area contributed by atoms with Crippen molar-refractivity contribution < 1.29 is 4.84 Å². The lowest BCUT2D eigenvalue weighted by molar-refractivity contribution is 0.270. The van der Waals surface area contributed by atoms with Crippen LogP contribution in [-0.4, -0.2) is 5.71 Å². The van der Waals surface area contributed by atoms with E-state index in [1.165, 1.54) is 6.26 Å². The first-order chi connectivity index (χ1) is 9.40. The fourth-order valence-corrected chi connectivity index (χ4v) is 1.49. The first-order valence-corrected chi connectivity index (χ1v) is 5.87. The van der Waals surface area contributed by atoms with Gasteiger partial charge in [0, 0.05) is 11.1 Å². The normalized spacial score (nSPS) is 10.2. The number of hydrogen-bond acceptors (Lipinski definition) is 2. The van der Waals surface area contributed by atoms with E-state index in [0.717, 1.165) is 11.1 Å². The van der Waals surface area contributed by atoms with Gasteiger partial charge in [-0.2, -0.15) is 0 Å². The Morgan fingerprint density at radius 1 is 1.00 bits per heavy atom. The molecule has 0 saturated carbocycles. The van der Waals surface area contributed by atoms with Crippen LogP contribution in [0.5, 0.6) is 0 Å². The third-order valence-electron chi connectivity index (χ3n) is 2.36. The summed E-state index contributed by atoms with van der Waals surface area (Å²) in [6, 6.07) is 19.4. The van der Waals surface area contributed by atoms with Crippen molar-refractivity contribution in [1.29, 1.82) is 0 Å². The number of hydrogen-bond donors (Lipinski definition) is 0. The Hall–Kier alpha value is -2.79. The number of nitrogens with zero attached hydrogens (tertiary/aromatic N) is 1. The van der Waals surface area contributed by atoms with Gasteiger partial charge in [-0.3, -0.25) is 0 Å². The first-order valence-electron chi connectivity index (χ1n) is 5.87. The Morgan fingerprint density at radius 3 is 2.26 bits per heavy atom. The summed E-state index contributed by atoms with van der Waals surface area (Å²) in [6.45, 7) is 3.47. The van der Waals surface area contributed by atoms with E-state index in [4.69, 9.17) is 4.84 Å². The van der Waals surface area contributed by atoms with Gasteiger partial charge in [0.15, 0.2) is 5.71 Å². The average Bonchev–Trinajstić information content (AvgIpc) is 2.49. The predicted octanol–water partition coefficient (Wildman–Crippen LogP) is 3.60. The molecule has 0 aliphatic heterocycles. The van der Waals surface area contributed by atoms with Gasteiger partial charge in [0.05, 0.1) is 0 Å². The zero-order valence-corrected chi connectivity index (χ0v) is 10.4. The van der Waals surface area contributed by atoms with Crippen LogP contribution in [0.2, 0.25) is 0 Å². The molecule has 0 atom stereocenters. The highest BCUT2D eigenvalue weighted by atomic mass is 16.6. The van der Waals surface area contributed by atoms with E-state index in [-0.39, 0.29) is 0 Å². The Balaban J connectivity index is 2.31. The van der Waals surface area contributed by atoms with Crippen LogP contribution < -0.4 is 0 Å². The molecule has 0 saturated heterocycles. The molecule has 0 unspecified atom stereocenters. The fraction of sp³-hybridized carbons (Fsp3) is 0. The molecule has 92 valence electrons. The first kappa shape index (κ1) is 12.7. The summed E-state index contributed by atoms with van der Waals surface area (Å²) in [5.74, 6) is 6.07. The highest BCUT2D eigenvalue weighted by Crippen LogP contribution is 2.02. The molecule has 0 heterocycles. The second-order valence-corrected chi connectivity index (χ2v) is 3.69. The molecule has 2 aromatic carbocycles. The largest absolute Gasteiger partial charge is 0.364 e. The number of rotatable bonds is 3. The van der Waals surface area contributed by atoms with Crippen LogP contribution in [0.25, 0.3) is 0 Å². The van der Waals surface area contributed by atoms with Crippen molar-refractivity contribution in [3.63, 3.8) is 0 Å². The Labute approximate surface area is 113 Å². The van der Waals surface area contributed by atoms with Crippen LogP contribution in [0.1, 0.15) is 11.1 Å². The summed E-state index contributed by atoms with van der Waals surface area (Å²) in [6.07, 6.45) is 1.27. The average molecular weight is 247 g/mol. The van der Waals surface area contributed by atoms with Crippen LogP contribution >= 0.6 is 0 Å². The van der Waals surface area contributed by atoms with Crippen molar-refractivity contribution in [1.82, 2.24) is 0 Å². The monoisotopic (exact) mass is 247 g/mol. The molecule has 0 bridgehead atoms. The van der Waals surface area contributed by atoms with Crippen molar-refractivity contribution in [3.8, 4) is 11.8 Å². The van der Waals surface area contributed by atoms with E-state index in [1.54, 1.807) is 0 Å². The highest BCUT2D eigenvalue weighted by molar-refractivity contribution is 6.12. The molecule has 0 aliphatic carbocycles. The molecule has 2 rings (SSSR count). The van der Waals surface area contributed by atoms with Crippen LogP contribution in [0.4, 0.5) is 0 Å². The summed E-state index contributed by atoms with van der Waals surface area (Å²) in [5.41, 5.74) is 2.42. The van der Waals surface area contributed by atoms with Crippen LogP contribution in [-0.2, 0) is 4.84 Å². The van der Waals surface area contributed by atoms with E-state index in [0.29, 0.717) is 5.71 Å². The standard InChI is InChI=1S/C17H13NO/c1-2-19-18-17(16-11-7-4-8-12-16)14-13-15-9-5-3-6-10-15/h2-12H,1H2/b18-17-. The van der Waals surface area contributed by atoms with Crippen molar-refractivity contribution >= 4 is 5.71 Å². The summed E-state index contributed by atoms with van der Waals surface area (Å²) >= 11 is 0. The summed E-state index contributed by atoms with van der Waals surface area (Å²) in [7, 11) is 0. The van der Waals surface area contributed by atoms with Crippen molar-refractivity contribution in [2.75, 3.05) is 0 Å². The number of benzene rings is 2. The lowest BCUT2D eigenvalue weighted by atomic mass is 10.1. The van der Waals surface area contributed by atoms with Crippen LogP contribution in [0, 0.1) is 11.8 Å². The SMILES string of the molecule is C=CO/N=C(/C#Cc1ccccc1)c1ccccc1. The second kappa shape index (κ2) is 6.83. The van der Waals surface area contributed by atoms with Gasteiger partial charge in [-0.05, 0) is 18.1 Å². The minimum atomic E-state index is 0.573. The molecular formula is C17H13NO. The van der Waals surface area contributed by atoms with E-state index in [9.17, 15) is 0 Å². The van der Waals surface area contributed by atoms with Crippen molar-refractivity contribution in [2.45, 2.75) is 0 Å². The molecule has 2 aromatic rings. The fourth-order valence-electron chi connectivity index (χ4n) is 1.49. The Kier molecular flexibility index (Phi) is 4.55. The highest BCUT2D eigenvalue weighted by Gasteiger charge is 1.99. The zero-order valence-electron chi connectivity index (χ0n) is 10.4. The maximum absolute atomic E-state index is 4.89. The minimum Gasteiger partial charge on any atom is -0.364 e. The summed E-state index contributed by atoms with van der Waals surface area (Å²) in [5, 5.41) is 3.95. The second-order valence-electron chi connectivity index (χ2n) is 3.69. The third-order valence-corrected chi connectivity index (χ3v) is 2.36. The molecule has 0 fully saturated rings. The minimum absolute atomic E-state index is 0.573. The number of oxime groups is 1. The van der Waals surface area contributed by atoms with E-state index >= 15 is 0 Å². The van der Waals surface area contributed by atoms with E-state index in [2.05, 4.69) is 23.6 Å². The zero-order chi connectivity index (χ0) is 13.3. The van der Waals surface area contributed by atoms with Gasteiger partial charge in [-0.1, -0.05) is 66.2 Å². The van der Waals surface area contributed by atoms with Gasteiger partial charge < -0.3 is 4.84 Å². The molecule has 0 spiro atoms. The van der Waals surface area contributed by atoms with E-state index < -0.39 is 0 Å². The summed E-state index contributed by atoms with van der Waals surface area (Å²) in [4.78, 5) is 4.89. The molecule has 0 aliphatic rings. The molecule has 2 heteroatoms. The third kappa shape index (κ3) is 3.86. The molecule has 0 radical (unpaired) electrons. The molecule has 2 nitrogen and oxygen atoms in total. The summed E-state index contributed by atoms with van der Waals surface area (Å²) < 4.78 is 0. The maximum atomic E-state index is 4.89. The molecule has 0 N–H and O–H groups in total. The topological polar surface area (TPSA) is 21.6 Å². The Morgan fingerprint density at radius 2 is 1.63 bits per heavy atom. The maximum Gasteiger partial charge on any atom is 0.160 e. The lowest BCUT2D eigenvalue weighted by Crippen LogP contribution is -1.97. The van der Waals surface area contributed by atoms with Gasteiger partial charge in [0.1, 0.15) is 6.26 Å². The molecule has 0 aromatic heterocycles. The van der Waals surface area contributed by atoms with Gasteiger partial charge in [0.2, 0.25) is 0 Å². The molecular weight excluding hydrogens is 234 g/mol. The van der Waals surface area contributed by atoms with Gasteiger partial charge >= 0.3 is 0 Å². The van der Waals surface area contributed by atoms with Crippen LogP contribution in [0.3, 0.4) is 0 Å². The molecule has 19 heavy (non-hydrogen) atoms. The van der Waals surface area contributed by atoms with Gasteiger partial charge in [0.25, 0.3) is 0 Å². The van der Waals surface area contributed by atoms with Crippen LogP contribution in [0.15, 0.2) is 78.7 Å². The van der Waals surface area contributed by atoms with Crippen molar-refractivity contribution in [2.24, 2.45) is 5.16 Å². The Bertz CT molecular complexity index is 619. The predicted molar refractivity (Wildman–Crippen MR) is 77.6 cm³/mol. The van der Waals surface area contributed by atoms with Crippen molar-refractivity contribution in [3.05, 3.63) is 84.6 Å². The van der Waals surface area contributed by atoms with E-state index in [1.807, 2.05) is 60.7 Å². The smallest absolute Gasteiger partial charge is 0.160 e. The molecule has 0 amide bonds. The lowest BCUT2D eigenvalue weighted by Gasteiger charge is -1.97.